The van der Waals surface area contributed by atoms with Gasteiger partial charge in [-0.05, 0) is 27.0 Å². The standard InChI is InChI=1S/C13H20N4S/c1-9-5-12(17(4)16-9)6-11(14-3)7-13-15-10(2)8-18-13/h5,8,11,14H,6-7H2,1-4H3. The molecular formula is C13H20N4S. The molecule has 2 aromatic heterocycles. The monoisotopic (exact) mass is 264 g/mol. The first-order valence-corrected chi connectivity index (χ1v) is 7.04. The summed E-state index contributed by atoms with van der Waals surface area (Å²) < 4.78 is 1.97. The summed E-state index contributed by atoms with van der Waals surface area (Å²) in [6.45, 7) is 4.07. The van der Waals surface area contributed by atoms with Crippen LogP contribution in [0.15, 0.2) is 11.4 Å². The normalized spacial score (nSPS) is 12.9. The van der Waals surface area contributed by atoms with Gasteiger partial charge in [-0.25, -0.2) is 4.98 Å². The fourth-order valence-electron chi connectivity index (χ4n) is 2.09. The molecule has 0 radical (unpaired) electrons. The minimum atomic E-state index is 0.408. The summed E-state index contributed by atoms with van der Waals surface area (Å²) in [4.78, 5) is 4.52. The molecule has 18 heavy (non-hydrogen) atoms. The second-order valence-corrected chi connectivity index (χ2v) is 5.62. The van der Waals surface area contributed by atoms with Crippen molar-refractivity contribution in [1.29, 1.82) is 0 Å². The number of nitrogens with zero attached hydrogens (tertiary/aromatic N) is 3. The largest absolute Gasteiger partial charge is 0.316 e. The van der Waals surface area contributed by atoms with E-state index in [0.717, 1.165) is 24.2 Å². The van der Waals surface area contributed by atoms with Crippen LogP contribution in [0.2, 0.25) is 0 Å². The van der Waals surface area contributed by atoms with Crippen molar-refractivity contribution in [3.63, 3.8) is 0 Å². The average molecular weight is 264 g/mol. The van der Waals surface area contributed by atoms with Gasteiger partial charge in [-0.1, -0.05) is 0 Å². The van der Waals surface area contributed by atoms with Crippen LogP contribution in [0.5, 0.6) is 0 Å². The Labute approximate surface area is 112 Å². The van der Waals surface area contributed by atoms with Crippen molar-refractivity contribution in [3.8, 4) is 0 Å². The van der Waals surface area contributed by atoms with Crippen LogP contribution in [-0.2, 0) is 19.9 Å². The van der Waals surface area contributed by atoms with Gasteiger partial charge in [0, 0.05) is 42.7 Å². The first-order valence-electron chi connectivity index (χ1n) is 6.16. The van der Waals surface area contributed by atoms with Crippen LogP contribution in [-0.4, -0.2) is 27.9 Å². The number of hydrogen-bond donors (Lipinski definition) is 1. The highest BCUT2D eigenvalue weighted by molar-refractivity contribution is 7.09. The Hall–Kier alpha value is -1.20. The summed E-state index contributed by atoms with van der Waals surface area (Å²) in [6.07, 6.45) is 1.95. The van der Waals surface area contributed by atoms with Crippen molar-refractivity contribution in [2.24, 2.45) is 7.05 Å². The van der Waals surface area contributed by atoms with Crippen molar-refractivity contribution in [1.82, 2.24) is 20.1 Å². The zero-order valence-electron chi connectivity index (χ0n) is 11.4. The SMILES string of the molecule is CNC(Cc1nc(C)cs1)Cc1cc(C)nn1C. The quantitative estimate of drug-likeness (QED) is 0.896. The molecule has 1 N–H and O–H groups in total. The van der Waals surface area contributed by atoms with E-state index in [-0.39, 0.29) is 0 Å². The third kappa shape index (κ3) is 3.17. The van der Waals surface area contributed by atoms with Gasteiger partial charge in [0.15, 0.2) is 0 Å². The molecule has 2 heterocycles. The van der Waals surface area contributed by atoms with Crippen molar-refractivity contribution < 1.29 is 0 Å². The highest BCUT2D eigenvalue weighted by Gasteiger charge is 2.13. The molecule has 1 unspecified atom stereocenters. The maximum absolute atomic E-state index is 4.52. The zero-order chi connectivity index (χ0) is 13.1. The lowest BCUT2D eigenvalue weighted by Gasteiger charge is -2.14. The Kier molecular flexibility index (Phi) is 4.14. The minimum Gasteiger partial charge on any atom is -0.316 e. The lowest BCUT2D eigenvalue weighted by molar-refractivity contribution is 0.532. The fraction of sp³-hybridized carbons (Fsp3) is 0.538. The van der Waals surface area contributed by atoms with E-state index in [4.69, 9.17) is 0 Å². The second-order valence-electron chi connectivity index (χ2n) is 4.68. The van der Waals surface area contributed by atoms with Crippen LogP contribution < -0.4 is 5.32 Å². The number of hydrogen-bond acceptors (Lipinski definition) is 4. The first-order chi connectivity index (χ1) is 8.58. The van der Waals surface area contributed by atoms with Crippen molar-refractivity contribution >= 4 is 11.3 Å². The van der Waals surface area contributed by atoms with Crippen LogP contribution in [0.1, 0.15) is 22.1 Å². The fourth-order valence-corrected chi connectivity index (χ4v) is 2.94. The van der Waals surface area contributed by atoms with E-state index < -0.39 is 0 Å². The molecule has 4 nitrogen and oxygen atoms in total. The van der Waals surface area contributed by atoms with Gasteiger partial charge in [0.25, 0.3) is 0 Å². The summed E-state index contributed by atoms with van der Waals surface area (Å²) in [6, 6.07) is 2.56. The Balaban J connectivity index is 2.03. The summed E-state index contributed by atoms with van der Waals surface area (Å²) in [5.74, 6) is 0. The lowest BCUT2D eigenvalue weighted by Crippen LogP contribution is -2.30. The minimum absolute atomic E-state index is 0.408. The Morgan fingerprint density at radius 1 is 1.33 bits per heavy atom. The van der Waals surface area contributed by atoms with Gasteiger partial charge < -0.3 is 5.32 Å². The lowest BCUT2D eigenvalue weighted by atomic mass is 10.1. The maximum atomic E-state index is 4.52. The molecule has 0 saturated carbocycles. The average Bonchev–Trinajstić information content (AvgIpc) is 2.85. The van der Waals surface area contributed by atoms with Crippen LogP contribution in [0.3, 0.4) is 0 Å². The topological polar surface area (TPSA) is 42.7 Å². The molecular weight excluding hydrogens is 244 g/mol. The molecule has 2 aromatic rings. The smallest absolute Gasteiger partial charge is 0.0943 e. The summed E-state index contributed by atoms with van der Waals surface area (Å²) in [5.41, 5.74) is 3.45. The van der Waals surface area contributed by atoms with Crippen LogP contribution in [0, 0.1) is 13.8 Å². The summed E-state index contributed by atoms with van der Waals surface area (Å²) in [5, 5.41) is 11.1. The number of rotatable bonds is 5. The molecule has 0 fully saturated rings. The van der Waals surface area contributed by atoms with E-state index in [1.807, 2.05) is 32.6 Å². The second kappa shape index (κ2) is 5.63. The zero-order valence-corrected chi connectivity index (χ0v) is 12.2. The number of likely N-dealkylation sites (N-methyl/N-ethyl adjacent to an activating group) is 1. The molecule has 0 bridgehead atoms. The van der Waals surface area contributed by atoms with E-state index in [1.165, 1.54) is 10.7 Å². The van der Waals surface area contributed by atoms with Gasteiger partial charge in [0.05, 0.1) is 10.7 Å². The summed E-state index contributed by atoms with van der Waals surface area (Å²) in [7, 11) is 4.01. The summed E-state index contributed by atoms with van der Waals surface area (Å²) >= 11 is 1.74. The molecule has 0 amide bonds. The van der Waals surface area contributed by atoms with E-state index >= 15 is 0 Å². The third-order valence-electron chi connectivity index (χ3n) is 3.05. The number of aromatic nitrogens is 3. The number of thiazole rings is 1. The van der Waals surface area contributed by atoms with Crippen molar-refractivity contribution in [2.45, 2.75) is 32.7 Å². The van der Waals surface area contributed by atoms with Crippen molar-refractivity contribution in [2.75, 3.05) is 7.05 Å². The van der Waals surface area contributed by atoms with Gasteiger partial charge >= 0.3 is 0 Å². The Morgan fingerprint density at radius 3 is 2.61 bits per heavy atom. The molecule has 0 aliphatic carbocycles. The third-order valence-corrected chi connectivity index (χ3v) is 4.04. The molecule has 0 aromatic carbocycles. The predicted octanol–water partition coefficient (Wildman–Crippen LogP) is 1.87. The Morgan fingerprint density at radius 2 is 2.11 bits per heavy atom. The number of aryl methyl sites for hydroxylation is 3. The van der Waals surface area contributed by atoms with Crippen LogP contribution in [0.25, 0.3) is 0 Å². The van der Waals surface area contributed by atoms with Crippen LogP contribution >= 0.6 is 11.3 Å². The van der Waals surface area contributed by atoms with E-state index in [9.17, 15) is 0 Å². The first kappa shape index (κ1) is 13.2. The Bertz CT molecular complexity index is 515. The predicted molar refractivity (Wildman–Crippen MR) is 75.1 cm³/mol. The molecule has 0 aliphatic rings. The van der Waals surface area contributed by atoms with Gasteiger partial charge in [-0.3, -0.25) is 4.68 Å². The van der Waals surface area contributed by atoms with Gasteiger partial charge in [-0.15, -0.1) is 11.3 Å². The molecule has 0 aliphatic heterocycles. The van der Waals surface area contributed by atoms with Gasteiger partial charge in [-0.2, -0.15) is 5.10 Å². The van der Waals surface area contributed by atoms with Gasteiger partial charge in [0.2, 0.25) is 0 Å². The highest BCUT2D eigenvalue weighted by atomic mass is 32.1. The van der Waals surface area contributed by atoms with E-state index in [0.29, 0.717) is 6.04 Å². The molecule has 0 saturated heterocycles. The molecule has 98 valence electrons. The van der Waals surface area contributed by atoms with E-state index in [2.05, 4.69) is 26.8 Å². The molecule has 0 spiro atoms. The van der Waals surface area contributed by atoms with Crippen molar-refractivity contribution in [3.05, 3.63) is 33.5 Å². The number of nitrogens with one attached hydrogen (secondary N) is 1. The van der Waals surface area contributed by atoms with Gasteiger partial charge in [0.1, 0.15) is 0 Å². The molecule has 5 heteroatoms. The van der Waals surface area contributed by atoms with E-state index in [1.54, 1.807) is 11.3 Å². The molecule has 1 atom stereocenters. The highest BCUT2D eigenvalue weighted by Crippen LogP contribution is 2.13. The maximum Gasteiger partial charge on any atom is 0.0943 e. The van der Waals surface area contributed by atoms with Crippen LogP contribution in [0.4, 0.5) is 0 Å². The molecule has 2 rings (SSSR count).